The Morgan fingerprint density at radius 1 is 1.07 bits per heavy atom. The molecule has 3 nitrogen and oxygen atoms in total. The summed E-state index contributed by atoms with van der Waals surface area (Å²) in [5.74, 6) is -0.690. The van der Waals surface area contributed by atoms with Crippen molar-refractivity contribution < 1.29 is 31.1 Å². The molecule has 3 rings (SSSR count). The molecular weight excluding hydrogens is 438 g/mol. The number of anilines is 1. The van der Waals surface area contributed by atoms with Gasteiger partial charge in [-0.1, -0.05) is 12.8 Å². The van der Waals surface area contributed by atoms with Gasteiger partial charge in [-0.15, -0.1) is 23.1 Å². The summed E-state index contributed by atoms with van der Waals surface area (Å²) in [5, 5.41) is 3.10. The predicted octanol–water partition coefficient (Wildman–Crippen LogP) is 6.54. The van der Waals surface area contributed by atoms with Gasteiger partial charge in [0.2, 0.25) is 5.91 Å². The molecule has 0 bridgehead atoms. The van der Waals surface area contributed by atoms with E-state index in [-0.39, 0.29) is 22.0 Å². The van der Waals surface area contributed by atoms with E-state index in [1.165, 1.54) is 6.20 Å². The Hall–Kier alpha value is -1.75. The third kappa shape index (κ3) is 5.65. The van der Waals surface area contributed by atoms with E-state index in [1.807, 2.05) is 0 Å². The number of nitrogens with zero attached hydrogens (tertiary/aromatic N) is 1. The van der Waals surface area contributed by atoms with Gasteiger partial charge < -0.3 is 5.32 Å². The molecule has 1 N–H and O–H groups in total. The molecule has 1 amide bonds. The first kappa shape index (κ1) is 21.9. The van der Waals surface area contributed by atoms with E-state index in [4.69, 9.17) is 0 Å². The molecule has 0 aliphatic heterocycles. The van der Waals surface area contributed by atoms with Crippen molar-refractivity contribution in [1.82, 2.24) is 4.98 Å². The second kappa shape index (κ2) is 8.55. The lowest BCUT2D eigenvalue weighted by Gasteiger charge is -2.22. The van der Waals surface area contributed by atoms with Crippen molar-refractivity contribution in [3.05, 3.63) is 46.5 Å². The Morgan fingerprint density at radius 3 is 2.14 bits per heavy atom. The minimum Gasteiger partial charge on any atom is -0.301 e. The van der Waals surface area contributed by atoms with Crippen LogP contribution in [0.4, 0.5) is 31.5 Å². The van der Waals surface area contributed by atoms with Gasteiger partial charge in [0.1, 0.15) is 5.25 Å². The minimum atomic E-state index is -4.97. The zero-order valence-corrected chi connectivity index (χ0v) is 16.4. The SMILES string of the molecule is O=C(Nc1nccs1)C(SC1CCCC1)c1cc(C(F)(F)F)cc(C(F)(F)F)c1. The number of rotatable bonds is 5. The number of benzene rings is 1. The molecule has 11 heteroatoms. The van der Waals surface area contributed by atoms with E-state index >= 15 is 0 Å². The van der Waals surface area contributed by atoms with Crippen molar-refractivity contribution in [2.45, 2.75) is 48.5 Å². The largest absolute Gasteiger partial charge is 0.416 e. The lowest BCUT2D eigenvalue weighted by molar-refractivity contribution is -0.143. The fourth-order valence-corrected chi connectivity index (χ4v) is 5.09. The molecule has 0 radical (unpaired) electrons. The molecule has 1 saturated carbocycles. The van der Waals surface area contributed by atoms with Crippen LogP contribution in [-0.2, 0) is 17.1 Å². The summed E-state index contributed by atoms with van der Waals surface area (Å²) in [7, 11) is 0. The van der Waals surface area contributed by atoms with Gasteiger partial charge in [0.15, 0.2) is 5.13 Å². The molecule has 1 unspecified atom stereocenters. The van der Waals surface area contributed by atoms with Crippen LogP contribution in [0.2, 0.25) is 0 Å². The maximum atomic E-state index is 13.2. The molecule has 1 aliphatic carbocycles. The summed E-state index contributed by atoms with van der Waals surface area (Å²) in [6.07, 6.45) is -5.16. The van der Waals surface area contributed by atoms with E-state index < -0.39 is 34.6 Å². The van der Waals surface area contributed by atoms with Gasteiger partial charge in [-0.25, -0.2) is 4.98 Å². The van der Waals surface area contributed by atoms with Crippen molar-refractivity contribution in [1.29, 1.82) is 0 Å². The predicted molar refractivity (Wildman–Crippen MR) is 99.8 cm³/mol. The lowest BCUT2D eigenvalue weighted by Crippen LogP contribution is -2.22. The topological polar surface area (TPSA) is 42.0 Å². The summed E-state index contributed by atoms with van der Waals surface area (Å²) in [6, 6.07) is 1.33. The monoisotopic (exact) mass is 454 g/mol. The van der Waals surface area contributed by atoms with E-state index in [9.17, 15) is 31.1 Å². The van der Waals surface area contributed by atoms with Crippen LogP contribution >= 0.6 is 23.1 Å². The fourth-order valence-electron chi connectivity index (χ4n) is 3.10. The molecule has 158 valence electrons. The fraction of sp³-hybridized carbons (Fsp3) is 0.444. The number of amides is 1. The Bertz CT molecular complexity index is 813. The standard InChI is InChI=1S/C18H16F6N2OS2/c19-17(20,21)11-7-10(8-12(9-11)18(22,23)24)14(29-13-3-1-2-4-13)15(27)26-16-25-5-6-28-16/h5-9,13-14H,1-4H2,(H,25,26,27). The van der Waals surface area contributed by atoms with Gasteiger partial charge >= 0.3 is 12.4 Å². The highest BCUT2D eigenvalue weighted by atomic mass is 32.2. The number of thioether (sulfide) groups is 1. The highest BCUT2D eigenvalue weighted by molar-refractivity contribution is 8.00. The van der Waals surface area contributed by atoms with Gasteiger partial charge in [-0.3, -0.25) is 4.79 Å². The van der Waals surface area contributed by atoms with E-state index in [0.717, 1.165) is 48.8 Å². The van der Waals surface area contributed by atoms with Crippen LogP contribution in [0.1, 0.15) is 47.6 Å². The van der Waals surface area contributed by atoms with Crippen LogP contribution in [0, 0.1) is 0 Å². The van der Waals surface area contributed by atoms with Gasteiger partial charge in [-0.2, -0.15) is 26.3 Å². The number of aromatic nitrogens is 1. The van der Waals surface area contributed by atoms with E-state index in [0.29, 0.717) is 12.1 Å². The second-order valence-electron chi connectivity index (χ2n) is 6.59. The summed E-state index contributed by atoms with van der Waals surface area (Å²) in [6.45, 7) is 0. The maximum absolute atomic E-state index is 13.2. The van der Waals surface area contributed by atoms with E-state index in [2.05, 4.69) is 10.3 Å². The zero-order chi connectivity index (χ0) is 21.2. The van der Waals surface area contributed by atoms with Crippen LogP contribution in [0.15, 0.2) is 29.8 Å². The Morgan fingerprint density at radius 2 is 1.66 bits per heavy atom. The zero-order valence-electron chi connectivity index (χ0n) is 14.8. The summed E-state index contributed by atoms with van der Waals surface area (Å²) in [5.41, 5.74) is -3.18. The number of hydrogen-bond acceptors (Lipinski definition) is 4. The highest BCUT2D eigenvalue weighted by Gasteiger charge is 2.39. The Balaban J connectivity index is 2.01. The summed E-state index contributed by atoms with van der Waals surface area (Å²) < 4.78 is 79.4. The first-order chi connectivity index (χ1) is 13.5. The first-order valence-electron chi connectivity index (χ1n) is 8.69. The van der Waals surface area contributed by atoms with Crippen molar-refractivity contribution >= 4 is 34.1 Å². The van der Waals surface area contributed by atoms with Crippen LogP contribution < -0.4 is 5.32 Å². The maximum Gasteiger partial charge on any atom is 0.416 e. The first-order valence-corrected chi connectivity index (χ1v) is 10.5. The smallest absolute Gasteiger partial charge is 0.301 e. The lowest BCUT2D eigenvalue weighted by atomic mass is 10.0. The number of carbonyl (C=O) groups excluding carboxylic acids is 1. The molecule has 1 atom stereocenters. The van der Waals surface area contributed by atoms with Crippen LogP contribution in [0.5, 0.6) is 0 Å². The van der Waals surface area contributed by atoms with Crippen molar-refractivity contribution in [3.8, 4) is 0 Å². The number of hydrogen-bond donors (Lipinski definition) is 1. The molecule has 2 aromatic rings. The average molecular weight is 454 g/mol. The molecule has 0 spiro atoms. The average Bonchev–Trinajstić information content (AvgIpc) is 3.31. The van der Waals surface area contributed by atoms with Crippen LogP contribution in [0.3, 0.4) is 0 Å². The van der Waals surface area contributed by atoms with Crippen molar-refractivity contribution in [2.75, 3.05) is 5.32 Å². The van der Waals surface area contributed by atoms with Crippen LogP contribution in [0.25, 0.3) is 0 Å². The Kier molecular flexibility index (Phi) is 6.47. The molecule has 1 heterocycles. The number of halogens is 6. The number of carbonyl (C=O) groups is 1. The third-order valence-corrected chi connectivity index (χ3v) is 6.75. The molecule has 29 heavy (non-hydrogen) atoms. The molecule has 1 fully saturated rings. The summed E-state index contributed by atoms with van der Waals surface area (Å²) in [4.78, 5) is 16.7. The highest BCUT2D eigenvalue weighted by Crippen LogP contribution is 2.44. The van der Waals surface area contributed by atoms with Crippen LogP contribution in [-0.4, -0.2) is 16.1 Å². The van der Waals surface area contributed by atoms with E-state index in [1.54, 1.807) is 5.38 Å². The van der Waals surface area contributed by atoms with Crippen molar-refractivity contribution in [3.63, 3.8) is 0 Å². The van der Waals surface area contributed by atoms with Crippen molar-refractivity contribution in [2.24, 2.45) is 0 Å². The molecular formula is C18H16F6N2OS2. The summed E-state index contributed by atoms with van der Waals surface area (Å²) >= 11 is 2.21. The van der Waals surface area contributed by atoms with Gasteiger partial charge in [0.25, 0.3) is 0 Å². The van der Waals surface area contributed by atoms with Gasteiger partial charge in [0, 0.05) is 16.8 Å². The quantitative estimate of drug-likeness (QED) is 0.522. The Labute approximate surface area is 170 Å². The van der Waals surface area contributed by atoms with Gasteiger partial charge in [-0.05, 0) is 36.6 Å². The minimum absolute atomic E-state index is 0.00840. The molecule has 1 aromatic heterocycles. The normalized spacial score (nSPS) is 16.8. The second-order valence-corrected chi connectivity index (χ2v) is 8.89. The number of nitrogens with one attached hydrogen (secondary N) is 1. The third-order valence-electron chi connectivity index (χ3n) is 4.44. The molecule has 1 aliphatic rings. The number of thiazole rings is 1. The molecule has 0 saturated heterocycles. The molecule has 1 aromatic carbocycles. The number of alkyl halides is 6. The van der Waals surface area contributed by atoms with Gasteiger partial charge in [0.05, 0.1) is 11.1 Å².